The number of carbonyl (C=O) groups excluding carboxylic acids is 1. The number of amides is 1. The van der Waals surface area contributed by atoms with E-state index in [0.29, 0.717) is 21.8 Å². The van der Waals surface area contributed by atoms with E-state index in [9.17, 15) is 9.90 Å². The van der Waals surface area contributed by atoms with Crippen molar-refractivity contribution in [3.05, 3.63) is 94.5 Å². The smallest absolute Gasteiger partial charge is 0.259 e. The van der Waals surface area contributed by atoms with E-state index in [1.54, 1.807) is 30.3 Å². The summed E-state index contributed by atoms with van der Waals surface area (Å²) in [6.07, 6.45) is 0. The van der Waals surface area contributed by atoms with Crippen LogP contribution in [0.5, 0.6) is 5.75 Å². The lowest BCUT2D eigenvalue weighted by Crippen LogP contribution is -2.12. The zero-order valence-electron chi connectivity index (χ0n) is 17.1. The Morgan fingerprint density at radius 2 is 1.74 bits per heavy atom. The Bertz CT molecular complexity index is 1330. The molecular formula is C25H20ClN3O2. The second kappa shape index (κ2) is 8.58. The fourth-order valence-electron chi connectivity index (χ4n) is 3.35. The number of anilines is 1. The number of aryl methyl sites for hydroxylation is 2. The van der Waals surface area contributed by atoms with Gasteiger partial charge in [0.2, 0.25) is 0 Å². The summed E-state index contributed by atoms with van der Waals surface area (Å²) in [6.45, 7) is 3.82. The largest absolute Gasteiger partial charge is 0.505 e. The first-order valence-corrected chi connectivity index (χ1v) is 10.1. The van der Waals surface area contributed by atoms with Gasteiger partial charge in [-0.2, -0.15) is 5.11 Å². The molecule has 0 spiro atoms. The van der Waals surface area contributed by atoms with Crippen LogP contribution in [0.25, 0.3) is 10.8 Å². The Morgan fingerprint density at radius 1 is 0.935 bits per heavy atom. The highest BCUT2D eigenvalue weighted by Crippen LogP contribution is 2.40. The summed E-state index contributed by atoms with van der Waals surface area (Å²) in [5, 5.41) is 24.5. The second-order valence-electron chi connectivity index (χ2n) is 7.30. The molecule has 2 N–H and O–H groups in total. The van der Waals surface area contributed by atoms with Gasteiger partial charge in [-0.25, -0.2) is 0 Å². The van der Waals surface area contributed by atoms with Crippen molar-refractivity contribution in [1.29, 1.82) is 0 Å². The van der Waals surface area contributed by atoms with Crippen LogP contribution in [0.4, 0.5) is 17.1 Å². The van der Waals surface area contributed by atoms with Gasteiger partial charge in [0.05, 0.1) is 11.3 Å². The highest BCUT2D eigenvalue weighted by atomic mass is 35.5. The summed E-state index contributed by atoms with van der Waals surface area (Å²) in [5.41, 5.74) is 3.52. The predicted molar refractivity (Wildman–Crippen MR) is 125 cm³/mol. The molecule has 0 heterocycles. The molecule has 6 heteroatoms. The Balaban J connectivity index is 1.78. The van der Waals surface area contributed by atoms with Gasteiger partial charge in [0.1, 0.15) is 5.69 Å². The molecule has 154 valence electrons. The average molecular weight is 430 g/mol. The van der Waals surface area contributed by atoms with Gasteiger partial charge in [-0.15, -0.1) is 5.11 Å². The zero-order chi connectivity index (χ0) is 22.0. The first-order valence-electron chi connectivity index (χ1n) is 9.73. The van der Waals surface area contributed by atoms with E-state index in [1.807, 2.05) is 56.3 Å². The van der Waals surface area contributed by atoms with Crippen molar-refractivity contribution in [3.8, 4) is 5.75 Å². The number of hydrogen-bond acceptors (Lipinski definition) is 4. The average Bonchev–Trinajstić information content (AvgIpc) is 2.74. The number of fused-ring (bicyclic) bond motifs is 1. The number of phenols is 1. The molecule has 1 amide bonds. The maximum atomic E-state index is 12.9. The summed E-state index contributed by atoms with van der Waals surface area (Å²) in [7, 11) is 0. The SMILES string of the molecule is Cc1cccc(NC(=O)c2cc3ccccc3c(N=Nc3ccc(Cl)cc3C)c2O)c1. The minimum Gasteiger partial charge on any atom is -0.505 e. The number of hydrogen-bond donors (Lipinski definition) is 2. The third kappa shape index (κ3) is 4.42. The van der Waals surface area contributed by atoms with Gasteiger partial charge in [0, 0.05) is 16.1 Å². The molecule has 5 nitrogen and oxygen atoms in total. The minimum absolute atomic E-state index is 0.127. The Labute approximate surface area is 185 Å². The van der Waals surface area contributed by atoms with Crippen LogP contribution in [0, 0.1) is 13.8 Å². The molecule has 31 heavy (non-hydrogen) atoms. The number of azo groups is 1. The van der Waals surface area contributed by atoms with Crippen LogP contribution in [-0.2, 0) is 0 Å². The fraction of sp³-hybridized carbons (Fsp3) is 0.0800. The van der Waals surface area contributed by atoms with E-state index in [1.165, 1.54) is 0 Å². The van der Waals surface area contributed by atoms with E-state index in [-0.39, 0.29) is 17.0 Å². The van der Waals surface area contributed by atoms with Gasteiger partial charge >= 0.3 is 0 Å². The quantitative estimate of drug-likeness (QED) is 0.330. The van der Waals surface area contributed by atoms with Gasteiger partial charge in [-0.1, -0.05) is 48.0 Å². The second-order valence-corrected chi connectivity index (χ2v) is 7.73. The fourth-order valence-corrected chi connectivity index (χ4v) is 3.57. The summed E-state index contributed by atoms with van der Waals surface area (Å²) in [5.74, 6) is -0.646. The van der Waals surface area contributed by atoms with Gasteiger partial charge < -0.3 is 10.4 Å². The summed E-state index contributed by atoms with van der Waals surface area (Å²) >= 11 is 6.01. The molecule has 0 atom stereocenters. The van der Waals surface area contributed by atoms with E-state index in [0.717, 1.165) is 16.5 Å². The van der Waals surface area contributed by atoms with Crippen LogP contribution < -0.4 is 5.32 Å². The van der Waals surface area contributed by atoms with E-state index in [2.05, 4.69) is 15.5 Å². The number of nitrogens with zero attached hydrogens (tertiary/aromatic N) is 2. The molecule has 4 aromatic carbocycles. The minimum atomic E-state index is -0.423. The molecule has 4 rings (SSSR count). The third-order valence-corrected chi connectivity index (χ3v) is 5.17. The lowest BCUT2D eigenvalue weighted by atomic mass is 10.0. The van der Waals surface area contributed by atoms with Crippen molar-refractivity contribution in [3.63, 3.8) is 0 Å². The van der Waals surface area contributed by atoms with Crippen LogP contribution in [0.2, 0.25) is 5.02 Å². The molecule has 0 aromatic heterocycles. The molecule has 0 saturated heterocycles. The number of benzene rings is 4. The van der Waals surface area contributed by atoms with Crippen molar-refractivity contribution >= 4 is 45.3 Å². The molecular weight excluding hydrogens is 410 g/mol. The maximum absolute atomic E-state index is 12.9. The third-order valence-electron chi connectivity index (χ3n) is 4.93. The number of rotatable bonds is 4. The molecule has 0 aliphatic carbocycles. The standard InChI is InChI=1S/C25H20ClN3O2/c1-15-6-5-8-19(12-15)27-25(31)21-14-17-7-3-4-9-20(17)23(24(21)30)29-28-22-11-10-18(26)13-16(22)2/h3-14,30H,1-2H3,(H,27,31). The van der Waals surface area contributed by atoms with Crippen LogP contribution in [0.3, 0.4) is 0 Å². The molecule has 0 aliphatic heterocycles. The summed E-state index contributed by atoms with van der Waals surface area (Å²) in [4.78, 5) is 12.9. The highest BCUT2D eigenvalue weighted by Gasteiger charge is 2.18. The van der Waals surface area contributed by atoms with Crippen molar-refractivity contribution in [2.45, 2.75) is 13.8 Å². The van der Waals surface area contributed by atoms with Crippen LogP contribution in [0.1, 0.15) is 21.5 Å². The number of nitrogens with one attached hydrogen (secondary N) is 1. The number of carbonyl (C=O) groups is 1. The molecule has 0 fully saturated rings. The van der Waals surface area contributed by atoms with Crippen molar-refractivity contribution in [2.24, 2.45) is 10.2 Å². The number of halogens is 1. The summed E-state index contributed by atoms with van der Waals surface area (Å²) in [6, 6.07) is 21.8. The molecule has 0 unspecified atom stereocenters. The van der Waals surface area contributed by atoms with E-state index in [4.69, 9.17) is 11.6 Å². The Hall–Kier alpha value is -3.70. The van der Waals surface area contributed by atoms with Gasteiger partial charge in [0.25, 0.3) is 5.91 Å². The number of aromatic hydroxyl groups is 1. The maximum Gasteiger partial charge on any atom is 0.259 e. The van der Waals surface area contributed by atoms with Gasteiger partial charge in [-0.05, 0) is 66.8 Å². The first-order chi connectivity index (χ1) is 14.9. The van der Waals surface area contributed by atoms with Crippen LogP contribution in [0.15, 0.2) is 83.0 Å². The molecule has 0 bridgehead atoms. The van der Waals surface area contributed by atoms with Crippen molar-refractivity contribution in [1.82, 2.24) is 0 Å². The first kappa shape index (κ1) is 20.6. The number of phenolic OH excluding ortho intramolecular Hbond substituents is 1. The Kier molecular flexibility index (Phi) is 5.69. The van der Waals surface area contributed by atoms with Crippen molar-refractivity contribution < 1.29 is 9.90 Å². The van der Waals surface area contributed by atoms with Crippen molar-refractivity contribution in [2.75, 3.05) is 5.32 Å². The van der Waals surface area contributed by atoms with Gasteiger partial charge in [-0.3, -0.25) is 4.79 Å². The monoisotopic (exact) mass is 429 g/mol. The molecule has 0 saturated carbocycles. The molecule has 4 aromatic rings. The topological polar surface area (TPSA) is 74.0 Å². The van der Waals surface area contributed by atoms with E-state index >= 15 is 0 Å². The van der Waals surface area contributed by atoms with Crippen LogP contribution >= 0.6 is 11.6 Å². The predicted octanol–water partition coefficient (Wildman–Crippen LogP) is 7.48. The van der Waals surface area contributed by atoms with Gasteiger partial charge in [0.15, 0.2) is 5.75 Å². The normalized spacial score (nSPS) is 11.2. The molecule has 0 aliphatic rings. The highest BCUT2D eigenvalue weighted by molar-refractivity contribution is 6.30. The zero-order valence-corrected chi connectivity index (χ0v) is 17.8. The van der Waals surface area contributed by atoms with E-state index < -0.39 is 5.91 Å². The lowest BCUT2D eigenvalue weighted by molar-refractivity contribution is 0.102. The lowest BCUT2D eigenvalue weighted by Gasteiger charge is -2.11. The molecule has 0 radical (unpaired) electrons. The Morgan fingerprint density at radius 3 is 2.52 bits per heavy atom. The van der Waals surface area contributed by atoms with Crippen LogP contribution in [-0.4, -0.2) is 11.0 Å². The summed E-state index contributed by atoms with van der Waals surface area (Å²) < 4.78 is 0.